The number of benzene rings is 1. The maximum Gasteiger partial charge on any atom is 0.406 e. The van der Waals surface area contributed by atoms with E-state index in [9.17, 15) is 9.59 Å². The summed E-state index contributed by atoms with van der Waals surface area (Å²) in [7, 11) is 1.50. The van der Waals surface area contributed by atoms with Crippen molar-refractivity contribution in [3.63, 3.8) is 0 Å². The number of hydrogen-bond acceptors (Lipinski definition) is 6. The highest BCUT2D eigenvalue weighted by atomic mass is 16.6. The van der Waals surface area contributed by atoms with Crippen LogP contribution in [-0.4, -0.2) is 71.8 Å². The number of carbonyl (C=O) groups is 2. The molecule has 0 saturated heterocycles. The van der Waals surface area contributed by atoms with E-state index in [0.29, 0.717) is 52.6 Å². The van der Waals surface area contributed by atoms with E-state index in [4.69, 9.17) is 18.9 Å². The zero-order chi connectivity index (χ0) is 19.6. The maximum atomic E-state index is 11.7. The van der Waals surface area contributed by atoms with Crippen molar-refractivity contribution in [1.82, 2.24) is 10.6 Å². The molecule has 1 rings (SSSR count). The minimum Gasteiger partial charge on any atom is -0.447 e. The number of hydrogen-bond donors (Lipinski definition) is 2. The van der Waals surface area contributed by atoms with Gasteiger partial charge in [-0.15, -0.1) is 0 Å². The third-order valence-corrected chi connectivity index (χ3v) is 3.46. The predicted octanol–water partition coefficient (Wildman–Crippen LogP) is 1.14. The Balaban J connectivity index is 1.80. The van der Waals surface area contributed by atoms with Gasteiger partial charge in [-0.05, 0) is 12.0 Å². The van der Waals surface area contributed by atoms with Gasteiger partial charge in [0.15, 0.2) is 0 Å². The largest absolute Gasteiger partial charge is 0.447 e. The number of aryl methyl sites for hydroxylation is 1. The van der Waals surface area contributed by atoms with Gasteiger partial charge in [0.25, 0.3) is 0 Å². The lowest BCUT2D eigenvalue weighted by atomic mass is 10.1. The normalized spacial score (nSPS) is 10.4. The molecule has 2 amide bonds. The van der Waals surface area contributed by atoms with Crippen LogP contribution in [-0.2, 0) is 30.2 Å². The summed E-state index contributed by atoms with van der Waals surface area (Å²) in [6.07, 6.45) is 0.738. The third-order valence-electron chi connectivity index (χ3n) is 3.46. The van der Waals surface area contributed by atoms with E-state index in [1.807, 2.05) is 30.3 Å². The first-order chi connectivity index (χ1) is 13.2. The van der Waals surface area contributed by atoms with Crippen LogP contribution in [0.2, 0.25) is 0 Å². The molecule has 0 saturated carbocycles. The summed E-state index contributed by atoms with van der Waals surface area (Å²) in [4.78, 5) is 22.5. The van der Waals surface area contributed by atoms with Gasteiger partial charge in [-0.25, -0.2) is 4.79 Å². The van der Waals surface area contributed by atoms with E-state index in [-0.39, 0.29) is 12.5 Å². The summed E-state index contributed by atoms with van der Waals surface area (Å²) < 4.78 is 20.7. The molecule has 1 aromatic rings. The molecule has 152 valence electrons. The third kappa shape index (κ3) is 13.7. The monoisotopic (exact) mass is 382 g/mol. The molecule has 0 aliphatic rings. The van der Waals surface area contributed by atoms with Crippen LogP contribution in [0.5, 0.6) is 0 Å². The van der Waals surface area contributed by atoms with Crippen LogP contribution >= 0.6 is 0 Å². The van der Waals surface area contributed by atoms with Gasteiger partial charge in [0.1, 0.15) is 6.61 Å². The molecule has 0 aliphatic carbocycles. The molecule has 0 unspecified atom stereocenters. The average Bonchev–Trinajstić information content (AvgIpc) is 2.70. The Morgan fingerprint density at radius 3 is 2.07 bits per heavy atom. The zero-order valence-electron chi connectivity index (χ0n) is 15.9. The molecular weight excluding hydrogens is 352 g/mol. The highest BCUT2D eigenvalue weighted by Crippen LogP contribution is 2.01. The summed E-state index contributed by atoms with van der Waals surface area (Å²) in [6, 6.07) is 9.93. The SMILES string of the molecule is CNC(=O)OCCOCCOCCOCCNC(=O)CCc1ccccc1. The summed E-state index contributed by atoms with van der Waals surface area (Å²) in [5, 5.41) is 5.18. The highest BCUT2D eigenvalue weighted by molar-refractivity contribution is 5.76. The van der Waals surface area contributed by atoms with E-state index < -0.39 is 6.09 Å². The Kier molecular flexibility index (Phi) is 13.6. The number of ether oxygens (including phenoxy) is 4. The lowest BCUT2D eigenvalue weighted by Gasteiger charge is -2.08. The van der Waals surface area contributed by atoms with E-state index in [1.165, 1.54) is 7.05 Å². The van der Waals surface area contributed by atoms with Crippen LogP contribution in [0.3, 0.4) is 0 Å². The van der Waals surface area contributed by atoms with Crippen molar-refractivity contribution in [2.75, 3.05) is 59.8 Å². The summed E-state index contributed by atoms with van der Waals surface area (Å²) >= 11 is 0. The second-order valence-electron chi connectivity index (χ2n) is 5.56. The second-order valence-corrected chi connectivity index (χ2v) is 5.56. The molecule has 0 spiro atoms. The molecule has 0 bridgehead atoms. The van der Waals surface area contributed by atoms with Gasteiger partial charge >= 0.3 is 6.09 Å². The first-order valence-corrected chi connectivity index (χ1v) is 9.10. The lowest BCUT2D eigenvalue weighted by Crippen LogP contribution is -2.27. The molecule has 0 aromatic heterocycles. The van der Waals surface area contributed by atoms with Gasteiger partial charge in [-0.2, -0.15) is 0 Å². The quantitative estimate of drug-likeness (QED) is 0.442. The van der Waals surface area contributed by atoms with Gasteiger partial charge < -0.3 is 29.6 Å². The smallest absolute Gasteiger partial charge is 0.406 e. The minimum absolute atomic E-state index is 0.0243. The molecular formula is C19H30N2O6. The summed E-state index contributed by atoms with van der Waals surface area (Å²) in [6.45, 7) is 3.26. The Bertz CT molecular complexity index is 512. The van der Waals surface area contributed by atoms with Gasteiger partial charge in [-0.1, -0.05) is 30.3 Å². The standard InChI is InChI=1S/C19H30N2O6/c1-20-19(23)27-16-15-26-14-13-25-12-11-24-10-9-21-18(22)8-7-17-5-3-2-4-6-17/h2-6H,7-16H2,1H3,(H,20,23)(H,21,22). The Morgan fingerprint density at radius 1 is 0.852 bits per heavy atom. The summed E-state index contributed by atoms with van der Waals surface area (Å²) in [5.41, 5.74) is 1.16. The maximum absolute atomic E-state index is 11.7. The molecule has 1 aromatic carbocycles. The van der Waals surface area contributed by atoms with Crippen molar-refractivity contribution < 1.29 is 28.5 Å². The van der Waals surface area contributed by atoms with Crippen LogP contribution in [0.1, 0.15) is 12.0 Å². The zero-order valence-corrected chi connectivity index (χ0v) is 15.9. The molecule has 0 aliphatic heterocycles. The van der Waals surface area contributed by atoms with Gasteiger partial charge in [0, 0.05) is 20.0 Å². The molecule has 2 N–H and O–H groups in total. The van der Waals surface area contributed by atoms with E-state index in [0.717, 1.165) is 12.0 Å². The Labute approximate surface area is 160 Å². The highest BCUT2D eigenvalue weighted by Gasteiger charge is 2.01. The first-order valence-electron chi connectivity index (χ1n) is 9.10. The minimum atomic E-state index is -0.473. The molecule has 0 fully saturated rings. The van der Waals surface area contributed by atoms with Crippen LogP contribution in [0.25, 0.3) is 0 Å². The van der Waals surface area contributed by atoms with Crippen LogP contribution in [0.15, 0.2) is 30.3 Å². The van der Waals surface area contributed by atoms with Crippen molar-refractivity contribution in [3.8, 4) is 0 Å². The van der Waals surface area contributed by atoms with Gasteiger partial charge in [-0.3, -0.25) is 4.79 Å². The second kappa shape index (κ2) is 16.0. The van der Waals surface area contributed by atoms with Crippen molar-refractivity contribution in [1.29, 1.82) is 0 Å². The van der Waals surface area contributed by atoms with Crippen molar-refractivity contribution in [2.24, 2.45) is 0 Å². The van der Waals surface area contributed by atoms with Crippen LogP contribution in [0.4, 0.5) is 4.79 Å². The Morgan fingerprint density at radius 2 is 1.44 bits per heavy atom. The molecule has 0 radical (unpaired) electrons. The first kappa shape index (κ1) is 22.9. The summed E-state index contributed by atoms with van der Waals surface area (Å²) in [5.74, 6) is 0.0243. The molecule has 0 heterocycles. The molecule has 8 nitrogen and oxygen atoms in total. The Hall–Kier alpha value is -2.16. The fourth-order valence-corrected chi connectivity index (χ4v) is 2.06. The van der Waals surface area contributed by atoms with Crippen molar-refractivity contribution in [2.45, 2.75) is 12.8 Å². The fourth-order valence-electron chi connectivity index (χ4n) is 2.06. The molecule has 27 heavy (non-hydrogen) atoms. The van der Waals surface area contributed by atoms with E-state index in [2.05, 4.69) is 10.6 Å². The number of alkyl carbamates (subject to hydrolysis) is 1. The predicted molar refractivity (Wildman–Crippen MR) is 101 cm³/mol. The van der Waals surface area contributed by atoms with E-state index >= 15 is 0 Å². The molecule has 8 heteroatoms. The number of amides is 2. The van der Waals surface area contributed by atoms with Crippen molar-refractivity contribution in [3.05, 3.63) is 35.9 Å². The molecule has 0 atom stereocenters. The number of carbonyl (C=O) groups excluding carboxylic acids is 2. The van der Waals surface area contributed by atoms with Crippen LogP contribution in [0, 0.1) is 0 Å². The lowest BCUT2D eigenvalue weighted by molar-refractivity contribution is -0.121. The van der Waals surface area contributed by atoms with Gasteiger partial charge in [0.05, 0.1) is 39.6 Å². The fraction of sp³-hybridized carbons (Fsp3) is 0.579. The van der Waals surface area contributed by atoms with Crippen molar-refractivity contribution >= 4 is 12.0 Å². The number of nitrogens with one attached hydrogen (secondary N) is 2. The average molecular weight is 382 g/mol. The van der Waals surface area contributed by atoms with Gasteiger partial charge in [0.2, 0.25) is 5.91 Å². The topological polar surface area (TPSA) is 95.1 Å². The van der Waals surface area contributed by atoms with E-state index in [1.54, 1.807) is 0 Å². The van der Waals surface area contributed by atoms with Crippen LogP contribution < -0.4 is 10.6 Å². The number of rotatable bonds is 15.